The monoisotopic (exact) mass is 326 g/mol. The van der Waals surface area contributed by atoms with Crippen LogP contribution in [0.2, 0.25) is 6.04 Å². The molecule has 0 radical (unpaired) electrons. The standard InChI is InChI=1S/C13H30O7Si/c1-7-11-21(15-6,19-12-14-5)20-13(16-8-2,17-9-3)18-10-4/h7-12H2,1-6H3. The van der Waals surface area contributed by atoms with Crippen LogP contribution in [0.15, 0.2) is 0 Å². The Morgan fingerprint density at radius 3 is 1.71 bits per heavy atom. The van der Waals surface area contributed by atoms with Crippen molar-refractivity contribution in [3.05, 3.63) is 0 Å². The maximum absolute atomic E-state index is 5.99. The highest BCUT2D eigenvalue weighted by molar-refractivity contribution is 6.60. The Hall–Kier alpha value is -0.0631. The fourth-order valence-corrected chi connectivity index (χ4v) is 3.92. The minimum atomic E-state index is -3.04. The molecular weight excluding hydrogens is 296 g/mol. The Balaban J connectivity index is 5.22. The van der Waals surface area contributed by atoms with Crippen molar-refractivity contribution in [3.63, 3.8) is 0 Å². The minimum Gasteiger partial charge on any atom is -0.377 e. The van der Waals surface area contributed by atoms with Crippen molar-refractivity contribution in [1.82, 2.24) is 0 Å². The third-order valence-corrected chi connectivity index (χ3v) is 5.36. The second kappa shape index (κ2) is 11.5. The highest BCUT2D eigenvalue weighted by Gasteiger charge is 2.50. The molecule has 0 fully saturated rings. The smallest absolute Gasteiger partial charge is 0.377 e. The summed E-state index contributed by atoms with van der Waals surface area (Å²) in [5.74, 6) is 0. The first-order valence-corrected chi connectivity index (χ1v) is 9.30. The van der Waals surface area contributed by atoms with Gasteiger partial charge in [0.15, 0.2) is 0 Å². The van der Waals surface area contributed by atoms with E-state index in [4.69, 9.17) is 32.2 Å². The van der Waals surface area contributed by atoms with Crippen LogP contribution in [0.4, 0.5) is 0 Å². The summed E-state index contributed by atoms with van der Waals surface area (Å²) in [4.78, 5) is 0. The first-order chi connectivity index (χ1) is 10.1. The molecule has 0 saturated carbocycles. The molecule has 8 heteroatoms. The van der Waals surface area contributed by atoms with Gasteiger partial charge in [-0.25, -0.2) is 0 Å². The summed E-state index contributed by atoms with van der Waals surface area (Å²) in [5, 5.41) is 0. The van der Waals surface area contributed by atoms with E-state index in [1.807, 2.05) is 27.7 Å². The number of ether oxygens (including phenoxy) is 4. The maximum Gasteiger partial charge on any atom is 0.508 e. The van der Waals surface area contributed by atoms with Gasteiger partial charge in [0.25, 0.3) is 0 Å². The fraction of sp³-hybridized carbons (Fsp3) is 1.00. The third-order valence-electron chi connectivity index (χ3n) is 2.51. The highest BCUT2D eigenvalue weighted by atomic mass is 28.4. The molecule has 0 N–H and O–H groups in total. The summed E-state index contributed by atoms with van der Waals surface area (Å²) in [5.41, 5.74) is 0. The van der Waals surface area contributed by atoms with E-state index in [2.05, 4.69) is 0 Å². The lowest BCUT2D eigenvalue weighted by molar-refractivity contribution is -0.478. The quantitative estimate of drug-likeness (QED) is 0.358. The highest BCUT2D eigenvalue weighted by Crippen LogP contribution is 2.28. The molecule has 0 bridgehead atoms. The van der Waals surface area contributed by atoms with Gasteiger partial charge in [-0.3, -0.25) is 4.43 Å². The lowest BCUT2D eigenvalue weighted by Crippen LogP contribution is -2.56. The van der Waals surface area contributed by atoms with E-state index in [0.717, 1.165) is 6.42 Å². The first-order valence-electron chi connectivity index (χ1n) is 7.37. The van der Waals surface area contributed by atoms with Crippen molar-refractivity contribution < 1.29 is 32.2 Å². The topological polar surface area (TPSA) is 64.6 Å². The molecule has 21 heavy (non-hydrogen) atoms. The van der Waals surface area contributed by atoms with Crippen molar-refractivity contribution in [3.8, 4) is 0 Å². The number of hydrogen-bond acceptors (Lipinski definition) is 7. The average Bonchev–Trinajstić information content (AvgIpc) is 2.46. The van der Waals surface area contributed by atoms with Gasteiger partial charge in [0.1, 0.15) is 6.79 Å². The summed E-state index contributed by atoms with van der Waals surface area (Å²) >= 11 is 0. The molecule has 1 unspecified atom stereocenters. The Morgan fingerprint density at radius 2 is 1.38 bits per heavy atom. The summed E-state index contributed by atoms with van der Waals surface area (Å²) in [7, 11) is 0.0535. The van der Waals surface area contributed by atoms with Crippen molar-refractivity contribution in [2.75, 3.05) is 40.8 Å². The molecular formula is C13H30O7Si. The summed E-state index contributed by atoms with van der Waals surface area (Å²) in [6.07, 6.45) is -0.784. The molecule has 0 aliphatic rings. The summed E-state index contributed by atoms with van der Waals surface area (Å²) < 4.78 is 38.9. The maximum atomic E-state index is 5.99. The van der Waals surface area contributed by atoms with Crippen LogP contribution in [0.3, 0.4) is 0 Å². The second-order valence-electron chi connectivity index (χ2n) is 4.09. The van der Waals surface area contributed by atoms with Crippen LogP contribution in [0.5, 0.6) is 0 Å². The third kappa shape index (κ3) is 7.16. The lowest BCUT2D eigenvalue weighted by atomic mass is 10.6. The average molecular weight is 326 g/mol. The molecule has 0 aliphatic heterocycles. The zero-order valence-electron chi connectivity index (χ0n) is 14.1. The molecule has 1 atom stereocenters. The van der Waals surface area contributed by atoms with E-state index in [1.165, 1.54) is 0 Å². The van der Waals surface area contributed by atoms with Gasteiger partial charge in [-0.2, -0.15) is 0 Å². The van der Waals surface area contributed by atoms with Gasteiger partial charge in [0.05, 0.1) is 19.8 Å². The first kappa shape index (κ1) is 20.9. The molecule has 0 heterocycles. The Kier molecular flexibility index (Phi) is 11.5. The van der Waals surface area contributed by atoms with Gasteiger partial charge in [0.2, 0.25) is 0 Å². The number of hydrogen-bond donors (Lipinski definition) is 0. The molecule has 0 spiro atoms. The zero-order chi connectivity index (χ0) is 16.2. The Labute approximate surface area is 129 Å². The summed E-state index contributed by atoms with van der Waals surface area (Å²) in [6, 6.07) is 0.599. The van der Waals surface area contributed by atoms with Gasteiger partial charge in [0, 0.05) is 20.3 Å². The molecule has 128 valence electrons. The van der Waals surface area contributed by atoms with Crippen LogP contribution < -0.4 is 0 Å². The predicted octanol–water partition coefficient (Wildman–Crippen LogP) is 2.34. The van der Waals surface area contributed by atoms with Crippen molar-refractivity contribution in [2.45, 2.75) is 46.3 Å². The van der Waals surface area contributed by atoms with Crippen LogP contribution in [0.25, 0.3) is 0 Å². The van der Waals surface area contributed by atoms with Crippen molar-refractivity contribution in [2.24, 2.45) is 0 Å². The molecule has 0 saturated heterocycles. The van der Waals surface area contributed by atoms with Gasteiger partial charge in [-0.15, -0.1) is 0 Å². The molecule has 0 aromatic carbocycles. The molecule has 7 nitrogen and oxygen atoms in total. The van der Waals surface area contributed by atoms with Crippen LogP contribution in [-0.4, -0.2) is 55.8 Å². The number of methoxy groups -OCH3 is 1. The van der Waals surface area contributed by atoms with E-state index < -0.39 is 15.0 Å². The predicted molar refractivity (Wildman–Crippen MR) is 79.5 cm³/mol. The Morgan fingerprint density at radius 1 is 0.857 bits per heavy atom. The SMILES string of the molecule is CCC[Si](OC)(OCOC)OC(OCC)(OCC)OCC. The Bertz CT molecular complexity index is 238. The van der Waals surface area contributed by atoms with Gasteiger partial charge < -0.3 is 27.8 Å². The van der Waals surface area contributed by atoms with Crippen molar-refractivity contribution >= 4 is 8.80 Å². The molecule has 0 aliphatic carbocycles. The molecule has 0 amide bonds. The van der Waals surface area contributed by atoms with Crippen LogP contribution in [0.1, 0.15) is 34.1 Å². The molecule has 0 aromatic heterocycles. The van der Waals surface area contributed by atoms with E-state index >= 15 is 0 Å². The molecule has 0 aromatic rings. The minimum absolute atomic E-state index is 0.0700. The van der Waals surface area contributed by atoms with Gasteiger partial charge in [-0.05, 0) is 20.8 Å². The summed E-state index contributed by atoms with van der Waals surface area (Å²) in [6.45, 7) is 8.69. The van der Waals surface area contributed by atoms with Crippen molar-refractivity contribution in [1.29, 1.82) is 0 Å². The van der Waals surface area contributed by atoms with E-state index in [0.29, 0.717) is 25.9 Å². The van der Waals surface area contributed by atoms with Gasteiger partial charge in [-0.1, -0.05) is 13.3 Å². The molecule has 0 rings (SSSR count). The van der Waals surface area contributed by atoms with Crippen LogP contribution >= 0.6 is 0 Å². The zero-order valence-corrected chi connectivity index (χ0v) is 15.1. The number of rotatable bonds is 14. The largest absolute Gasteiger partial charge is 0.508 e. The van der Waals surface area contributed by atoms with E-state index in [1.54, 1.807) is 14.2 Å². The van der Waals surface area contributed by atoms with Crippen LogP contribution in [-0.2, 0) is 32.2 Å². The van der Waals surface area contributed by atoms with E-state index in [-0.39, 0.29) is 6.79 Å². The second-order valence-corrected chi connectivity index (χ2v) is 6.86. The van der Waals surface area contributed by atoms with Gasteiger partial charge >= 0.3 is 15.0 Å². The van der Waals surface area contributed by atoms with Crippen LogP contribution in [0, 0.1) is 0 Å². The van der Waals surface area contributed by atoms with E-state index in [9.17, 15) is 0 Å². The fourth-order valence-electron chi connectivity index (χ4n) is 1.74. The normalized spacial score (nSPS) is 15.1. The lowest BCUT2D eigenvalue weighted by Gasteiger charge is -2.38.